The second-order valence-corrected chi connectivity index (χ2v) is 16.4. The van der Waals surface area contributed by atoms with E-state index in [0.29, 0.717) is 19.3 Å². The third-order valence-electron chi connectivity index (χ3n) is 10.3. The molecule has 6 heteroatoms. The summed E-state index contributed by atoms with van der Waals surface area (Å²) < 4.78 is 16.7. The maximum Gasteiger partial charge on any atom is 0.306 e. The van der Waals surface area contributed by atoms with Gasteiger partial charge in [-0.2, -0.15) is 0 Å². The van der Waals surface area contributed by atoms with E-state index in [4.69, 9.17) is 14.2 Å². The van der Waals surface area contributed by atoms with Crippen molar-refractivity contribution in [2.24, 2.45) is 0 Å². The van der Waals surface area contributed by atoms with Crippen LogP contribution in [0.5, 0.6) is 0 Å². The molecule has 0 N–H and O–H groups in total. The molecule has 0 aromatic rings. The van der Waals surface area contributed by atoms with E-state index in [1.165, 1.54) is 89.9 Å². The predicted octanol–water partition coefficient (Wildman–Crippen LogP) is 16.4. The standard InChI is InChI=1S/C55H92O6/c1-4-7-10-13-16-19-22-25-27-30-32-35-38-41-44-47-53(56)59-50-52(61-55(58)49-46-43-40-37-34-29-24-21-18-15-12-9-6-3)51-60-54(57)48-45-42-39-36-33-31-28-26-23-20-17-14-11-8-5-2/h16-17,19-21,24-28,32-33,35-36,52H,4-15,18,22-23,29-31,34,37-51H2,1-3H3/b19-16-,20-17-,24-21-,27-25-,28-26-,35-32-,36-33-. The summed E-state index contributed by atoms with van der Waals surface area (Å²) >= 11 is 0. The average molecular weight is 849 g/mol. The van der Waals surface area contributed by atoms with Crippen LogP contribution in [0, 0.1) is 0 Å². The van der Waals surface area contributed by atoms with Crippen molar-refractivity contribution in [3.8, 4) is 0 Å². The van der Waals surface area contributed by atoms with Crippen LogP contribution in [0.15, 0.2) is 85.1 Å². The molecule has 61 heavy (non-hydrogen) atoms. The largest absolute Gasteiger partial charge is 0.462 e. The summed E-state index contributed by atoms with van der Waals surface area (Å²) in [7, 11) is 0. The van der Waals surface area contributed by atoms with E-state index in [2.05, 4.69) is 106 Å². The number of carbonyl (C=O) groups excluding carboxylic acids is 3. The first-order valence-electron chi connectivity index (χ1n) is 25.1. The third-order valence-corrected chi connectivity index (χ3v) is 10.3. The highest BCUT2D eigenvalue weighted by Crippen LogP contribution is 2.12. The Labute approximate surface area is 375 Å². The Morgan fingerprint density at radius 2 is 0.590 bits per heavy atom. The number of hydrogen-bond acceptors (Lipinski definition) is 6. The number of hydrogen-bond donors (Lipinski definition) is 0. The van der Waals surface area contributed by atoms with Crippen LogP contribution < -0.4 is 0 Å². The lowest BCUT2D eigenvalue weighted by Gasteiger charge is -2.18. The smallest absolute Gasteiger partial charge is 0.306 e. The Morgan fingerprint density at radius 1 is 0.328 bits per heavy atom. The molecule has 0 radical (unpaired) electrons. The quantitative estimate of drug-likeness (QED) is 0.0263. The van der Waals surface area contributed by atoms with Crippen LogP contribution in [-0.4, -0.2) is 37.2 Å². The normalized spacial score (nSPS) is 12.3. The summed E-state index contributed by atoms with van der Waals surface area (Å²) in [4.78, 5) is 37.9. The molecule has 0 rings (SSSR count). The van der Waals surface area contributed by atoms with E-state index in [1.807, 2.05) is 0 Å². The highest BCUT2D eigenvalue weighted by molar-refractivity contribution is 5.71. The molecule has 0 aliphatic rings. The molecule has 6 nitrogen and oxygen atoms in total. The van der Waals surface area contributed by atoms with E-state index in [-0.39, 0.29) is 31.1 Å². The molecule has 0 aromatic heterocycles. The van der Waals surface area contributed by atoms with Crippen LogP contribution in [0.3, 0.4) is 0 Å². The molecule has 0 amide bonds. The van der Waals surface area contributed by atoms with Crippen LogP contribution in [-0.2, 0) is 28.6 Å². The maximum atomic E-state index is 12.8. The van der Waals surface area contributed by atoms with Gasteiger partial charge in [0.25, 0.3) is 0 Å². The minimum Gasteiger partial charge on any atom is -0.462 e. The third kappa shape index (κ3) is 47.5. The van der Waals surface area contributed by atoms with Crippen LogP contribution >= 0.6 is 0 Å². The molecule has 0 saturated carbocycles. The molecular formula is C55H92O6. The van der Waals surface area contributed by atoms with Gasteiger partial charge in [0, 0.05) is 19.3 Å². The van der Waals surface area contributed by atoms with Crippen molar-refractivity contribution in [3.63, 3.8) is 0 Å². The Bertz CT molecular complexity index is 1140. The van der Waals surface area contributed by atoms with Gasteiger partial charge in [-0.05, 0) is 122 Å². The Balaban J connectivity index is 4.53. The van der Waals surface area contributed by atoms with Gasteiger partial charge in [0.05, 0.1) is 0 Å². The second-order valence-electron chi connectivity index (χ2n) is 16.4. The first kappa shape index (κ1) is 57.6. The fraction of sp³-hybridized carbons (Fsp3) is 0.691. The summed E-state index contributed by atoms with van der Waals surface area (Å²) in [6.07, 6.45) is 62.8. The molecule has 0 unspecified atom stereocenters. The zero-order chi connectivity index (χ0) is 44.4. The SMILES string of the molecule is CCCCC/C=C\C/C=C\C/C=C\CCCCC(=O)OCC(COC(=O)CCCC/C=C\C/C=C\C/C=C\CCCCC)OC(=O)CCCCCCC/C=C\CCCCCC. The van der Waals surface area contributed by atoms with E-state index in [0.717, 1.165) is 96.3 Å². The number of ether oxygens (including phenoxy) is 3. The van der Waals surface area contributed by atoms with E-state index in [1.54, 1.807) is 0 Å². The van der Waals surface area contributed by atoms with Crippen molar-refractivity contribution in [3.05, 3.63) is 85.1 Å². The Hall–Kier alpha value is -3.41. The van der Waals surface area contributed by atoms with Crippen molar-refractivity contribution in [2.75, 3.05) is 13.2 Å². The van der Waals surface area contributed by atoms with Gasteiger partial charge in [-0.15, -0.1) is 0 Å². The van der Waals surface area contributed by atoms with Crippen LogP contribution in [0.25, 0.3) is 0 Å². The van der Waals surface area contributed by atoms with Gasteiger partial charge in [0.2, 0.25) is 0 Å². The van der Waals surface area contributed by atoms with Crippen molar-refractivity contribution in [2.45, 2.75) is 232 Å². The lowest BCUT2D eigenvalue weighted by molar-refractivity contribution is -0.167. The fourth-order valence-electron chi connectivity index (χ4n) is 6.51. The zero-order valence-corrected chi connectivity index (χ0v) is 39.7. The molecule has 0 saturated heterocycles. The number of rotatable bonds is 44. The lowest BCUT2D eigenvalue weighted by atomic mass is 10.1. The van der Waals surface area contributed by atoms with Gasteiger partial charge >= 0.3 is 17.9 Å². The Morgan fingerprint density at radius 3 is 1.00 bits per heavy atom. The van der Waals surface area contributed by atoms with Gasteiger partial charge in [-0.3, -0.25) is 14.4 Å². The van der Waals surface area contributed by atoms with Crippen molar-refractivity contribution in [1.29, 1.82) is 0 Å². The molecule has 0 aliphatic carbocycles. The van der Waals surface area contributed by atoms with Crippen molar-refractivity contribution >= 4 is 17.9 Å². The first-order chi connectivity index (χ1) is 30.0. The van der Waals surface area contributed by atoms with Crippen LogP contribution in [0.2, 0.25) is 0 Å². The Kier molecular flexibility index (Phi) is 46.5. The van der Waals surface area contributed by atoms with Gasteiger partial charge in [0.15, 0.2) is 6.10 Å². The number of carbonyl (C=O) groups is 3. The van der Waals surface area contributed by atoms with Crippen LogP contribution in [0.1, 0.15) is 226 Å². The van der Waals surface area contributed by atoms with Crippen LogP contribution in [0.4, 0.5) is 0 Å². The molecule has 0 spiro atoms. The monoisotopic (exact) mass is 849 g/mol. The molecule has 0 atom stereocenters. The highest BCUT2D eigenvalue weighted by atomic mass is 16.6. The van der Waals surface area contributed by atoms with Crippen molar-refractivity contribution in [1.82, 2.24) is 0 Å². The number of allylic oxidation sites excluding steroid dienone is 14. The summed E-state index contributed by atoms with van der Waals surface area (Å²) in [6, 6.07) is 0. The van der Waals surface area contributed by atoms with Gasteiger partial charge < -0.3 is 14.2 Å². The minimum atomic E-state index is -0.811. The molecular weight excluding hydrogens is 757 g/mol. The van der Waals surface area contributed by atoms with Gasteiger partial charge in [-0.1, -0.05) is 170 Å². The minimum absolute atomic E-state index is 0.112. The molecule has 348 valence electrons. The molecule has 0 bridgehead atoms. The average Bonchev–Trinajstić information content (AvgIpc) is 3.26. The van der Waals surface area contributed by atoms with E-state index >= 15 is 0 Å². The summed E-state index contributed by atoms with van der Waals surface area (Å²) in [5.74, 6) is -0.998. The first-order valence-corrected chi connectivity index (χ1v) is 25.1. The fourth-order valence-corrected chi connectivity index (χ4v) is 6.51. The highest BCUT2D eigenvalue weighted by Gasteiger charge is 2.19. The molecule has 0 heterocycles. The van der Waals surface area contributed by atoms with Crippen molar-refractivity contribution < 1.29 is 28.6 Å². The van der Waals surface area contributed by atoms with Gasteiger partial charge in [0.1, 0.15) is 13.2 Å². The number of esters is 3. The second kappa shape index (κ2) is 49.2. The van der Waals surface area contributed by atoms with E-state index < -0.39 is 6.10 Å². The summed E-state index contributed by atoms with van der Waals surface area (Å²) in [6.45, 7) is 6.48. The lowest BCUT2D eigenvalue weighted by Crippen LogP contribution is -2.30. The topological polar surface area (TPSA) is 78.9 Å². The zero-order valence-electron chi connectivity index (χ0n) is 39.7. The predicted molar refractivity (Wildman–Crippen MR) is 261 cm³/mol. The van der Waals surface area contributed by atoms with Gasteiger partial charge in [-0.25, -0.2) is 0 Å². The molecule has 0 aromatic carbocycles. The molecule has 0 fully saturated rings. The summed E-state index contributed by atoms with van der Waals surface area (Å²) in [5.41, 5.74) is 0. The summed E-state index contributed by atoms with van der Waals surface area (Å²) in [5, 5.41) is 0. The maximum absolute atomic E-state index is 12.8. The molecule has 0 aliphatic heterocycles. The number of unbranched alkanes of at least 4 members (excludes halogenated alkanes) is 19. The van der Waals surface area contributed by atoms with E-state index in [9.17, 15) is 14.4 Å².